The van der Waals surface area contributed by atoms with Crippen molar-refractivity contribution in [1.82, 2.24) is 9.55 Å². The lowest BCUT2D eigenvalue weighted by Gasteiger charge is -2.10. The number of aromatic nitrogens is 2. The van der Waals surface area contributed by atoms with Crippen LogP contribution < -0.4 is 0 Å². The number of pyridine rings is 1. The monoisotopic (exact) mass is 308 g/mol. The van der Waals surface area contributed by atoms with E-state index in [1.165, 1.54) is 0 Å². The first-order valence-corrected chi connectivity index (χ1v) is 7.15. The van der Waals surface area contributed by atoms with Crippen molar-refractivity contribution in [1.29, 1.82) is 0 Å². The van der Waals surface area contributed by atoms with Crippen LogP contribution in [-0.2, 0) is 16.3 Å². The molecule has 1 aromatic carbocycles. The maximum Gasteiger partial charge on any atom is 0.328 e. The summed E-state index contributed by atoms with van der Waals surface area (Å²) in [6.07, 6.45) is 4.47. The van der Waals surface area contributed by atoms with Crippen LogP contribution in [0.3, 0.4) is 0 Å². The van der Waals surface area contributed by atoms with Gasteiger partial charge in [-0.15, -0.1) is 0 Å². The molecule has 0 atom stereocenters. The maximum absolute atomic E-state index is 11.0. The van der Waals surface area contributed by atoms with Gasteiger partial charge in [-0.05, 0) is 23.8 Å². The number of hydrogen-bond acceptors (Lipinski definition) is 3. The van der Waals surface area contributed by atoms with Crippen LogP contribution >= 0.6 is 0 Å². The minimum Gasteiger partial charge on any atom is -0.478 e. The SMILES string of the molecule is COCn1c(-c2ccccc2)c(/C=C/C(=O)O)c2cccnc21. The van der Waals surface area contributed by atoms with Crippen molar-refractivity contribution in [3.63, 3.8) is 0 Å². The van der Waals surface area contributed by atoms with Gasteiger partial charge >= 0.3 is 5.97 Å². The number of carbonyl (C=O) groups is 1. The highest BCUT2D eigenvalue weighted by Crippen LogP contribution is 2.33. The molecule has 5 heteroatoms. The molecule has 5 nitrogen and oxygen atoms in total. The summed E-state index contributed by atoms with van der Waals surface area (Å²) in [6, 6.07) is 13.6. The summed E-state index contributed by atoms with van der Waals surface area (Å²) in [5.74, 6) is -0.986. The van der Waals surface area contributed by atoms with Crippen LogP contribution in [-0.4, -0.2) is 27.7 Å². The van der Waals surface area contributed by atoms with Gasteiger partial charge in [-0.25, -0.2) is 9.78 Å². The molecule has 2 heterocycles. The van der Waals surface area contributed by atoms with Gasteiger partial charge in [0.25, 0.3) is 0 Å². The summed E-state index contributed by atoms with van der Waals surface area (Å²) in [5, 5.41) is 9.87. The Balaban J connectivity index is 2.35. The Morgan fingerprint density at radius 1 is 1.26 bits per heavy atom. The van der Waals surface area contributed by atoms with Crippen LogP contribution in [0.25, 0.3) is 28.4 Å². The Bertz CT molecular complexity index is 867. The average Bonchev–Trinajstić information content (AvgIpc) is 2.88. The van der Waals surface area contributed by atoms with Gasteiger partial charge < -0.3 is 14.4 Å². The zero-order valence-corrected chi connectivity index (χ0v) is 12.6. The fraction of sp³-hybridized carbons (Fsp3) is 0.111. The summed E-state index contributed by atoms with van der Waals surface area (Å²) in [6.45, 7) is 0.332. The molecule has 0 aliphatic rings. The van der Waals surface area contributed by atoms with E-state index < -0.39 is 5.97 Å². The van der Waals surface area contributed by atoms with Gasteiger partial charge in [0.2, 0.25) is 0 Å². The van der Waals surface area contributed by atoms with Gasteiger partial charge in [0, 0.05) is 30.3 Å². The first-order chi connectivity index (χ1) is 11.2. The second kappa shape index (κ2) is 6.46. The zero-order valence-electron chi connectivity index (χ0n) is 12.6. The number of hydrogen-bond donors (Lipinski definition) is 1. The standard InChI is InChI=1S/C18H16N2O3/c1-23-12-20-17(13-6-3-2-4-7-13)14(9-10-16(21)22)15-8-5-11-19-18(15)20/h2-11H,12H2,1H3,(H,21,22)/b10-9+. The molecule has 0 saturated heterocycles. The van der Waals surface area contributed by atoms with Crippen molar-refractivity contribution in [3.8, 4) is 11.3 Å². The molecule has 3 aromatic rings. The summed E-state index contributed by atoms with van der Waals surface area (Å²) < 4.78 is 7.27. The molecular weight excluding hydrogens is 292 g/mol. The zero-order chi connectivity index (χ0) is 16.2. The van der Waals surface area contributed by atoms with E-state index in [4.69, 9.17) is 9.84 Å². The quantitative estimate of drug-likeness (QED) is 0.734. The van der Waals surface area contributed by atoms with Crippen LogP contribution in [0.2, 0.25) is 0 Å². The third-order valence-electron chi connectivity index (χ3n) is 3.56. The van der Waals surface area contributed by atoms with Crippen LogP contribution in [0.4, 0.5) is 0 Å². The molecule has 0 unspecified atom stereocenters. The third-order valence-corrected chi connectivity index (χ3v) is 3.56. The highest BCUT2D eigenvalue weighted by Gasteiger charge is 2.17. The van der Waals surface area contributed by atoms with Crippen molar-refractivity contribution in [2.24, 2.45) is 0 Å². The van der Waals surface area contributed by atoms with Crippen molar-refractivity contribution in [2.75, 3.05) is 7.11 Å². The predicted molar refractivity (Wildman–Crippen MR) is 88.8 cm³/mol. The van der Waals surface area contributed by atoms with Gasteiger partial charge in [-0.1, -0.05) is 30.3 Å². The van der Waals surface area contributed by atoms with Crippen LogP contribution in [0.1, 0.15) is 5.56 Å². The van der Waals surface area contributed by atoms with Crippen molar-refractivity contribution < 1.29 is 14.6 Å². The highest BCUT2D eigenvalue weighted by molar-refractivity contribution is 5.98. The van der Waals surface area contributed by atoms with Crippen molar-refractivity contribution in [3.05, 3.63) is 60.3 Å². The van der Waals surface area contributed by atoms with Crippen LogP contribution in [0.15, 0.2) is 54.7 Å². The molecule has 23 heavy (non-hydrogen) atoms. The lowest BCUT2D eigenvalue weighted by atomic mass is 10.1. The summed E-state index contributed by atoms with van der Waals surface area (Å²) in [7, 11) is 1.62. The minimum absolute atomic E-state index is 0.332. The van der Waals surface area contributed by atoms with Crippen molar-refractivity contribution in [2.45, 2.75) is 6.73 Å². The number of fused-ring (bicyclic) bond motifs is 1. The number of benzene rings is 1. The molecule has 0 saturated carbocycles. The van der Waals surface area contributed by atoms with E-state index in [1.54, 1.807) is 19.4 Å². The maximum atomic E-state index is 11.0. The molecule has 116 valence electrons. The fourth-order valence-electron chi connectivity index (χ4n) is 2.69. The predicted octanol–water partition coefficient (Wildman–Crippen LogP) is 3.41. The third kappa shape index (κ3) is 2.86. The Hall–Kier alpha value is -2.92. The van der Waals surface area contributed by atoms with E-state index in [1.807, 2.05) is 47.0 Å². The van der Waals surface area contributed by atoms with E-state index in [2.05, 4.69) is 4.98 Å². The first-order valence-electron chi connectivity index (χ1n) is 7.15. The largest absolute Gasteiger partial charge is 0.478 e. The average molecular weight is 308 g/mol. The molecule has 0 fully saturated rings. The van der Waals surface area contributed by atoms with Crippen molar-refractivity contribution >= 4 is 23.1 Å². The lowest BCUT2D eigenvalue weighted by Crippen LogP contribution is -2.03. The smallest absolute Gasteiger partial charge is 0.328 e. The van der Waals surface area contributed by atoms with Gasteiger partial charge in [-0.2, -0.15) is 0 Å². The minimum atomic E-state index is -0.986. The van der Waals surface area contributed by atoms with E-state index in [-0.39, 0.29) is 0 Å². The molecular formula is C18H16N2O3. The summed E-state index contributed by atoms with van der Waals surface area (Å²) in [5.41, 5.74) is 3.45. The van der Waals surface area contributed by atoms with Gasteiger partial charge in [0.1, 0.15) is 12.4 Å². The van der Waals surface area contributed by atoms with E-state index >= 15 is 0 Å². The summed E-state index contributed by atoms with van der Waals surface area (Å²) >= 11 is 0. The second-order valence-corrected chi connectivity index (χ2v) is 5.02. The molecule has 0 aliphatic heterocycles. The van der Waals surface area contributed by atoms with E-state index in [9.17, 15) is 4.79 Å². The fourth-order valence-corrected chi connectivity index (χ4v) is 2.69. The second-order valence-electron chi connectivity index (χ2n) is 5.02. The Morgan fingerprint density at radius 3 is 2.74 bits per heavy atom. The van der Waals surface area contributed by atoms with Gasteiger partial charge in [-0.3, -0.25) is 0 Å². The van der Waals surface area contributed by atoms with Gasteiger partial charge in [0.15, 0.2) is 0 Å². The Labute approximate surface area is 133 Å². The van der Waals surface area contributed by atoms with E-state index in [0.29, 0.717) is 6.73 Å². The normalized spacial score (nSPS) is 11.3. The number of rotatable bonds is 5. The Morgan fingerprint density at radius 2 is 2.04 bits per heavy atom. The molecule has 3 rings (SSSR count). The number of methoxy groups -OCH3 is 1. The van der Waals surface area contributed by atoms with Gasteiger partial charge in [0.05, 0.1) is 5.69 Å². The molecule has 0 radical (unpaired) electrons. The number of nitrogens with zero attached hydrogens (tertiary/aromatic N) is 2. The highest BCUT2D eigenvalue weighted by atomic mass is 16.5. The Kier molecular flexibility index (Phi) is 4.21. The molecule has 2 aromatic heterocycles. The molecule has 1 N–H and O–H groups in total. The molecule has 0 aliphatic carbocycles. The lowest BCUT2D eigenvalue weighted by molar-refractivity contribution is -0.131. The molecule has 0 spiro atoms. The molecule has 0 amide bonds. The number of carboxylic acid groups (broad SMARTS) is 1. The topological polar surface area (TPSA) is 64.3 Å². The summed E-state index contributed by atoms with van der Waals surface area (Å²) in [4.78, 5) is 15.4. The first kappa shape index (κ1) is 15.0. The van der Waals surface area contributed by atoms with E-state index in [0.717, 1.165) is 33.9 Å². The molecule has 0 bridgehead atoms. The number of ether oxygens (including phenoxy) is 1. The van der Waals surface area contributed by atoms with Crippen LogP contribution in [0.5, 0.6) is 0 Å². The van der Waals surface area contributed by atoms with Crippen LogP contribution in [0, 0.1) is 0 Å². The number of carboxylic acids is 1. The number of aliphatic carboxylic acids is 1.